The molecular weight excluding hydrogens is 337 g/mol. The van der Waals surface area contributed by atoms with Crippen LogP contribution < -0.4 is 5.32 Å². The standard InChI is InChI=1S/C13H16BrCl2NO/c1-7-3-10(4-8(2)18-7)17-13-11(15)5-9(14)6-12(13)16/h5-8,10,17H,3-4H2,1-2H3. The summed E-state index contributed by atoms with van der Waals surface area (Å²) in [7, 11) is 0. The molecule has 1 fully saturated rings. The maximum absolute atomic E-state index is 6.22. The van der Waals surface area contributed by atoms with Crippen molar-refractivity contribution in [3.05, 3.63) is 26.7 Å². The van der Waals surface area contributed by atoms with Crippen LogP contribution in [0.25, 0.3) is 0 Å². The maximum atomic E-state index is 6.22. The van der Waals surface area contributed by atoms with Gasteiger partial charge >= 0.3 is 0 Å². The zero-order valence-corrected chi connectivity index (χ0v) is 13.4. The lowest BCUT2D eigenvalue weighted by Crippen LogP contribution is -2.37. The highest BCUT2D eigenvalue weighted by Gasteiger charge is 2.25. The molecule has 100 valence electrons. The number of rotatable bonds is 2. The molecule has 0 bridgehead atoms. The van der Waals surface area contributed by atoms with Crippen molar-refractivity contribution >= 4 is 44.8 Å². The van der Waals surface area contributed by atoms with Crippen molar-refractivity contribution in [3.63, 3.8) is 0 Å². The molecule has 0 saturated carbocycles. The lowest BCUT2D eigenvalue weighted by Gasteiger charge is -2.33. The number of halogens is 3. The van der Waals surface area contributed by atoms with Crippen molar-refractivity contribution in [2.24, 2.45) is 0 Å². The van der Waals surface area contributed by atoms with Crippen LogP contribution in [0.4, 0.5) is 5.69 Å². The normalized spacial score (nSPS) is 28.2. The lowest BCUT2D eigenvalue weighted by molar-refractivity contribution is -0.0337. The quantitative estimate of drug-likeness (QED) is 0.797. The highest BCUT2D eigenvalue weighted by molar-refractivity contribution is 9.10. The molecule has 1 N–H and O–H groups in total. The van der Waals surface area contributed by atoms with Gasteiger partial charge in [-0.25, -0.2) is 0 Å². The Morgan fingerprint density at radius 2 is 1.67 bits per heavy atom. The maximum Gasteiger partial charge on any atom is 0.0721 e. The Hall–Kier alpha value is 0.0400. The van der Waals surface area contributed by atoms with Crippen LogP contribution in [0.15, 0.2) is 16.6 Å². The molecule has 0 radical (unpaired) electrons. The molecule has 2 unspecified atom stereocenters. The summed E-state index contributed by atoms with van der Waals surface area (Å²) in [5, 5.41) is 4.72. The molecule has 0 aliphatic carbocycles. The molecule has 1 aliphatic rings. The average Bonchev–Trinajstić information content (AvgIpc) is 2.22. The third-order valence-electron chi connectivity index (χ3n) is 3.05. The summed E-state index contributed by atoms with van der Waals surface area (Å²) in [4.78, 5) is 0. The van der Waals surface area contributed by atoms with Gasteiger partial charge in [0.05, 0.1) is 27.9 Å². The zero-order chi connectivity index (χ0) is 13.3. The first-order chi connectivity index (χ1) is 8.45. The van der Waals surface area contributed by atoms with Crippen LogP contribution in [-0.4, -0.2) is 18.2 Å². The van der Waals surface area contributed by atoms with Crippen molar-refractivity contribution in [2.75, 3.05) is 5.32 Å². The fraction of sp³-hybridized carbons (Fsp3) is 0.538. The summed E-state index contributed by atoms with van der Waals surface area (Å²) in [6, 6.07) is 4.05. The van der Waals surface area contributed by atoms with E-state index in [2.05, 4.69) is 35.1 Å². The molecule has 1 aromatic carbocycles. The number of ether oxygens (including phenoxy) is 1. The molecule has 0 aromatic heterocycles. The molecule has 0 spiro atoms. The van der Waals surface area contributed by atoms with Crippen LogP contribution in [0.2, 0.25) is 10.0 Å². The molecular formula is C13H16BrCl2NO. The van der Waals surface area contributed by atoms with Crippen LogP contribution >= 0.6 is 39.1 Å². The van der Waals surface area contributed by atoms with Crippen molar-refractivity contribution in [1.82, 2.24) is 0 Å². The SMILES string of the molecule is CC1CC(Nc2c(Cl)cc(Br)cc2Cl)CC(C)O1. The van der Waals surface area contributed by atoms with Crippen molar-refractivity contribution in [2.45, 2.75) is 44.9 Å². The zero-order valence-electron chi connectivity index (χ0n) is 10.3. The monoisotopic (exact) mass is 351 g/mol. The highest BCUT2D eigenvalue weighted by Crippen LogP contribution is 2.35. The number of nitrogens with one attached hydrogen (secondary N) is 1. The molecule has 18 heavy (non-hydrogen) atoms. The van der Waals surface area contributed by atoms with Crippen LogP contribution in [0.5, 0.6) is 0 Å². The van der Waals surface area contributed by atoms with E-state index < -0.39 is 0 Å². The molecule has 1 aliphatic heterocycles. The van der Waals surface area contributed by atoms with Gasteiger partial charge in [-0.1, -0.05) is 39.1 Å². The van der Waals surface area contributed by atoms with E-state index in [0.717, 1.165) is 23.0 Å². The summed E-state index contributed by atoms with van der Waals surface area (Å²) in [5.74, 6) is 0. The van der Waals surface area contributed by atoms with Gasteiger partial charge in [0.2, 0.25) is 0 Å². The summed E-state index contributed by atoms with van der Waals surface area (Å²) < 4.78 is 6.61. The predicted molar refractivity (Wildman–Crippen MR) is 80.8 cm³/mol. The molecule has 0 amide bonds. The fourth-order valence-electron chi connectivity index (χ4n) is 2.41. The summed E-state index contributed by atoms with van der Waals surface area (Å²) in [5.41, 5.74) is 0.813. The first-order valence-electron chi connectivity index (χ1n) is 6.02. The highest BCUT2D eigenvalue weighted by atomic mass is 79.9. The smallest absolute Gasteiger partial charge is 0.0721 e. The van der Waals surface area contributed by atoms with Crippen molar-refractivity contribution in [1.29, 1.82) is 0 Å². The fourth-order valence-corrected chi connectivity index (χ4v) is 3.72. The van der Waals surface area contributed by atoms with E-state index in [4.69, 9.17) is 27.9 Å². The summed E-state index contributed by atoms with van der Waals surface area (Å²) in [6.45, 7) is 4.18. The Kier molecular flexibility index (Phi) is 4.81. The third-order valence-corrected chi connectivity index (χ3v) is 4.11. The predicted octanol–water partition coefficient (Wildman–Crippen LogP) is 5.12. The minimum absolute atomic E-state index is 0.263. The van der Waals surface area contributed by atoms with Gasteiger partial charge in [-0.05, 0) is 38.8 Å². The molecule has 1 aromatic rings. The van der Waals surface area contributed by atoms with E-state index in [1.54, 1.807) is 0 Å². The first kappa shape index (κ1) is 14.4. The van der Waals surface area contributed by atoms with Crippen LogP contribution in [0.1, 0.15) is 26.7 Å². The van der Waals surface area contributed by atoms with Crippen molar-refractivity contribution in [3.8, 4) is 0 Å². The number of hydrogen-bond acceptors (Lipinski definition) is 2. The number of anilines is 1. The second-order valence-electron chi connectivity index (χ2n) is 4.81. The van der Waals surface area contributed by atoms with Gasteiger partial charge in [-0.3, -0.25) is 0 Å². The second kappa shape index (κ2) is 6.00. The molecule has 1 saturated heterocycles. The van der Waals surface area contributed by atoms with E-state index in [1.807, 2.05) is 12.1 Å². The van der Waals surface area contributed by atoms with E-state index in [0.29, 0.717) is 16.1 Å². The minimum atomic E-state index is 0.263. The number of hydrogen-bond donors (Lipinski definition) is 1. The second-order valence-corrected chi connectivity index (χ2v) is 6.54. The Balaban J connectivity index is 2.14. The van der Waals surface area contributed by atoms with Gasteiger partial charge < -0.3 is 10.1 Å². The molecule has 2 rings (SSSR count). The van der Waals surface area contributed by atoms with E-state index in [-0.39, 0.29) is 12.2 Å². The number of benzene rings is 1. The Bertz CT molecular complexity index is 408. The van der Waals surface area contributed by atoms with Gasteiger partial charge in [0.25, 0.3) is 0 Å². The van der Waals surface area contributed by atoms with E-state index in [1.165, 1.54) is 0 Å². The summed E-state index contributed by atoms with van der Waals surface area (Å²) in [6.07, 6.45) is 2.46. The largest absolute Gasteiger partial charge is 0.380 e. The van der Waals surface area contributed by atoms with Gasteiger partial charge in [-0.2, -0.15) is 0 Å². The van der Waals surface area contributed by atoms with Crippen LogP contribution in [-0.2, 0) is 4.74 Å². The average molecular weight is 353 g/mol. The molecule has 5 heteroatoms. The van der Waals surface area contributed by atoms with Crippen LogP contribution in [0, 0.1) is 0 Å². The van der Waals surface area contributed by atoms with Gasteiger partial charge in [-0.15, -0.1) is 0 Å². The summed E-state index contributed by atoms with van der Waals surface area (Å²) >= 11 is 15.8. The Morgan fingerprint density at radius 3 is 2.17 bits per heavy atom. The Morgan fingerprint density at radius 1 is 1.17 bits per heavy atom. The van der Waals surface area contributed by atoms with Crippen molar-refractivity contribution < 1.29 is 4.74 Å². The van der Waals surface area contributed by atoms with Crippen LogP contribution in [0.3, 0.4) is 0 Å². The minimum Gasteiger partial charge on any atom is -0.380 e. The van der Waals surface area contributed by atoms with E-state index in [9.17, 15) is 0 Å². The first-order valence-corrected chi connectivity index (χ1v) is 7.57. The topological polar surface area (TPSA) is 21.3 Å². The molecule has 2 nitrogen and oxygen atoms in total. The van der Waals surface area contributed by atoms with Gasteiger partial charge in [0, 0.05) is 10.5 Å². The molecule has 1 heterocycles. The van der Waals surface area contributed by atoms with Gasteiger partial charge in [0.1, 0.15) is 0 Å². The van der Waals surface area contributed by atoms with E-state index >= 15 is 0 Å². The molecule has 2 atom stereocenters. The van der Waals surface area contributed by atoms with Gasteiger partial charge in [0.15, 0.2) is 0 Å². The lowest BCUT2D eigenvalue weighted by atomic mass is 9.99. The third kappa shape index (κ3) is 3.53. The Labute approximate surface area is 126 Å².